The van der Waals surface area contributed by atoms with E-state index in [1.165, 1.54) is 10.9 Å². The Hall–Kier alpha value is -3.81. The highest BCUT2D eigenvalue weighted by Gasteiger charge is 2.20. The van der Waals surface area contributed by atoms with Crippen LogP contribution in [0.15, 0.2) is 60.8 Å². The standard InChI is InChI=1S/C20H20N4O4/c1-13-8-10-16(11-9-13)28-14(2)19(26)21-22-20(27)18-17(25)12-24(23-18)15-6-4-3-5-7-15/h3-12,14,25H,1-2H3,(H,21,26)(H,22,27). The molecule has 3 aromatic rings. The minimum atomic E-state index is -0.835. The number of benzene rings is 2. The quantitative estimate of drug-likeness (QED) is 0.588. The number of hydrogen-bond donors (Lipinski definition) is 3. The molecule has 8 heteroatoms. The van der Waals surface area contributed by atoms with Gasteiger partial charge in [-0.25, -0.2) is 4.68 Å². The summed E-state index contributed by atoms with van der Waals surface area (Å²) in [4.78, 5) is 24.4. The number of carbonyl (C=O) groups is 2. The molecule has 1 aromatic heterocycles. The Labute approximate surface area is 161 Å². The van der Waals surface area contributed by atoms with Gasteiger partial charge in [0, 0.05) is 0 Å². The lowest BCUT2D eigenvalue weighted by Gasteiger charge is -2.15. The van der Waals surface area contributed by atoms with Crippen molar-refractivity contribution in [2.75, 3.05) is 0 Å². The zero-order valence-electron chi connectivity index (χ0n) is 15.4. The van der Waals surface area contributed by atoms with Crippen LogP contribution in [0.4, 0.5) is 0 Å². The van der Waals surface area contributed by atoms with Crippen LogP contribution in [-0.2, 0) is 4.79 Å². The zero-order chi connectivity index (χ0) is 20.1. The molecule has 0 spiro atoms. The van der Waals surface area contributed by atoms with Crippen molar-refractivity contribution in [2.24, 2.45) is 0 Å². The van der Waals surface area contributed by atoms with Gasteiger partial charge in [0.2, 0.25) is 0 Å². The van der Waals surface area contributed by atoms with Crippen LogP contribution >= 0.6 is 0 Å². The highest BCUT2D eigenvalue weighted by Crippen LogP contribution is 2.18. The maximum absolute atomic E-state index is 12.2. The summed E-state index contributed by atoms with van der Waals surface area (Å²) in [5, 5.41) is 14.0. The van der Waals surface area contributed by atoms with Crippen LogP contribution in [0.2, 0.25) is 0 Å². The van der Waals surface area contributed by atoms with Crippen LogP contribution in [-0.4, -0.2) is 32.8 Å². The molecule has 1 unspecified atom stereocenters. The number of aryl methyl sites for hydroxylation is 1. The molecule has 0 aliphatic rings. The van der Waals surface area contributed by atoms with Gasteiger partial charge in [0.1, 0.15) is 5.75 Å². The van der Waals surface area contributed by atoms with E-state index in [1.807, 2.05) is 37.3 Å². The van der Waals surface area contributed by atoms with Crippen LogP contribution in [0.3, 0.4) is 0 Å². The third kappa shape index (κ3) is 4.47. The van der Waals surface area contributed by atoms with E-state index in [9.17, 15) is 14.7 Å². The number of ether oxygens (including phenoxy) is 1. The number of para-hydroxylation sites is 1. The van der Waals surface area contributed by atoms with Gasteiger partial charge in [-0.05, 0) is 38.1 Å². The lowest BCUT2D eigenvalue weighted by molar-refractivity contribution is -0.128. The number of aromatic hydroxyl groups is 1. The molecule has 0 bridgehead atoms. The van der Waals surface area contributed by atoms with Crippen molar-refractivity contribution in [3.63, 3.8) is 0 Å². The Balaban J connectivity index is 1.58. The summed E-state index contributed by atoms with van der Waals surface area (Å²) in [5.41, 5.74) is 6.04. The molecule has 1 heterocycles. The first-order valence-electron chi connectivity index (χ1n) is 8.61. The monoisotopic (exact) mass is 380 g/mol. The highest BCUT2D eigenvalue weighted by molar-refractivity contribution is 5.96. The number of nitrogens with zero attached hydrogens (tertiary/aromatic N) is 2. The predicted octanol–water partition coefficient (Wildman–Crippen LogP) is 2.11. The van der Waals surface area contributed by atoms with E-state index < -0.39 is 17.9 Å². The van der Waals surface area contributed by atoms with E-state index in [4.69, 9.17) is 4.74 Å². The van der Waals surface area contributed by atoms with Crippen molar-refractivity contribution in [1.29, 1.82) is 0 Å². The van der Waals surface area contributed by atoms with Crippen LogP contribution in [0.1, 0.15) is 23.0 Å². The summed E-state index contributed by atoms with van der Waals surface area (Å²) in [7, 11) is 0. The summed E-state index contributed by atoms with van der Waals surface area (Å²) >= 11 is 0. The molecule has 3 rings (SSSR count). The second-order valence-corrected chi connectivity index (χ2v) is 6.16. The summed E-state index contributed by atoms with van der Waals surface area (Å²) in [6.45, 7) is 3.51. The minimum Gasteiger partial charge on any atom is -0.504 e. The van der Waals surface area contributed by atoms with Crippen molar-refractivity contribution in [2.45, 2.75) is 20.0 Å². The molecule has 8 nitrogen and oxygen atoms in total. The molecule has 2 amide bonds. The van der Waals surface area contributed by atoms with Gasteiger partial charge in [-0.2, -0.15) is 5.10 Å². The Morgan fingerprint density at radius 1 is 1.07 bits per heavy atom. The predicted molar refractivity (Wildman–Crippen MR) is 102 cm³/mol. The molecule has 0 saturated carbocycles. The fourth-order valence-electron chi connectivity index (χ4n) is 2.39. The van der Waals surface area contributed by atoms with Gasteiger partial charge in [-0.3, -0.25) is 20.4 Å². The van der Waals surface area contributed by atoms with E-state index in [1.54, 1.807) is 31.2 Å². The molecular formula is C20H20N4O4. The number of amides is 2. The number of hydrogen-bond acceptors (Lipinski definition) is 5. The second-order valence-electron chi connectivity index (χ2n) is 6.16. The molecule has 0 fully saturated rings. The van der Waals surface area contributed by atoms with Crippen molar-refractivity contribution >= 4 is 11.8 Å². The fourth-order valence-corrected chi connectivity index (χ4v) is 2.39. The van der Waals surface area contributed by atoms with Crippen LogP contribution in [0.25, 0.3) is 5.69 Å². The summed E-state index contributed by atoms with van der Waals surface area (Å²) in [6.07, 6.45) is 0.480. The molecule has 0 radical (unpaired) electrons. The Bertz CT molecular complexity index is 968. The maximum atomic E-state index is 12.2. The molecular weight excluding hydrogens is 360 g/mol. The largest absolute Gasteiger partial charge is 0.504 e. The third-order valence-electron chi connectivity index (χ3n) is 3.93. The van der Waals surface area contributed by atoms with E-state index in [-0.39, 0.29) is 11.4 Å². The van der Waals surface area contributed by atoms with Crippen molar-refractivity contribution in [3.05, 3.63) is 72.1 Å². The lowest BCUT2D eigenvalue weighted by atomic mass is 10.2. The normalized spacial score (nSPS) is 11.5. The van der Waals surface area contributed by atoms with E-state index in [0.29, 0.717) is 11.4 Å². The summed E-state index contributed by atoms with van der Waals surface area (Å²) in [6, 6.07) is 16.3. The molecule has 3 N–H and O–H groups in total. The van der Waals surface area contributed by atoms with Gasteiger partial charge in [0.05, 0.1) is 11.9 Å². The van der Waals surface area contributed by atoms with E-state index >= 15 is 0 Å². The first kappa shape index (κ1) is 19.0. The zero-order valence-corrected chi connectivity index (χ0v) is 15.4. The first-order chi connectivity index (χ1) is 13.4. The molecule has 144 valence electrons. The van der Waals surface area contributed by atoms with Gasteiger partial charge in [0.15, 0.2) is 17.5 Å². The smallest absolute Gasteiger partial charge is 0.294 e. The SMILES string of the molecule is Cc1ccc(OC(C)C(=O)NNC(=O)c2nn(-c3ccccc3)cc2O)cc1. The average Bonchev–Trinajstić information content (AvgIpc) is 3.10. The van der Waals surface area contributed by atoms with Crippen LogP contribution in [0.5, 0.6) is 11.5 Å². The van der Waals surface area contributed by atoms with E-state index in [2.05, 4.69) is 16.0 Å². The van der Waals surface area contributed by atoms with Crippen LogP contribution in [0, 0.1) is 6.92 Å². The number of nitrogens with one attached hydrogen (secondary N) is 2. The molecule has 0 saturated heterocycles. The number of rotatable bonds is 5. The van der Waals surface area contributed by atoms with Crippen LogP contribution < -0.4 is 15.6 Å². The minimum absolute atomic E-state index is 0.212. The van der Waals surface area contributed by atoms with Gasteiger partial charge < -0.3 is 9.84 Å². The highest BCUT2D eigenvalue weighted by atomic mass is 16.5. The van der Waals surface area contributed by atoms with Gasteiger partial charge in [-0.15, -0.1) is 0 Å². The van der Waals surface area contributed by atoms with Crippen molar-refractivity contribution in [1.82, 2.24) is 20.6 Å². The Kier molecular flexibility index (Phi) is 5.59. The number of aromatic nitrogens is 2. The fraction of sp³-hybridized carbons (Fsp3) is 0.150. The molecule has 1 atom stereocenters. The van der Waals surface area contributed by atoms with Crippen molar-refractivity contribution in [3.8, 4) is 17.2 Å². The van der Waals surface area contributed by atoms with Gasteiger partial charge >= 0.3 is 0 Å². The Morgan fingerprint density at radius 3 is 2.43 bits per heavy atom. The second kappa shape index (κ2) is 8.26. The van der Waals surface area contributed by atoms with Crippen molar-refractivity contribution < 1.29 is 19.4 Å². The average molecular weight is 380 g/mol. The number of carbonyl (C=O) groups excluding carboxylic acids is 2. The number of hydrazine groups is 1. The molecule has 0 aliphatic carbocycles. The molecule has 0 aliphatic heterocycles. The Morgan fingerprint density at radius 2 is 1.75 bits per heavy atom. The lowest BCUT2D eigenvalue weighted by Crippen LogP contribution is -2.47. The van der Waals surface area contributed by atoms with E-state index in [0.717, 1.165) is 5.56 Å². The topological polar surface area (TPSA) is 105 Å². The molecule has 28 heavy (non-hydrogen) atoms. The molecule has 2 aromatic carbocycles. The summed E-state index contributed by atoms with van der Waals surface area (Å²) in [5.74, 6) is -1.06. The van der Waals surface area contributed by atoms with Gasteiger partial charge in [0.25, 0.3) is 11.8 Å². The van der Waals surface area contributed by atoms with Gasteiger partial charge in [-0.1, -0.05) is 35.9 Å². The third-order valence-corrected chi connectivity index (χ3v) is 3.93. The maximum Gasteiger partial charge on any atom is 0.294 e. The first-order valence-corrected chi connectivity index (χ1v) is 8.61. The summed E-state index contributed by atoms with van der Waals surface area (Å²) < 4.78 is 6.89.